The maximum Gasteiger partial charge on any atom is 0.247 e. The number of aryl methyl sites for hydroxylation is 1. The van der Waals surface area contributed by atoms with Crippen molar-refractivity contribution in [3.63, 3.8) is 0 Å². The van der Waals surface area contributed by atoms with Crippen LogP contribution in [0.1, 0.15) is 24.9 Å². The van der Waals surface area contributed by atoms with Crippen molar-refractivity contribution in [2.45, 2.75) is 25.9 Å². The molecule has 0 bridgehead atoms. The van der Waals surface area contributed by atoms with Gasteiger partial charge in [0.15, 0.2) is 0 Å². The van der Waals surface area contributed by atoms with Crippen LogP contribution >= 0.6 is 0 Å². The van der Waals surface area contributed by atoms with Crippen LogP contribution in [0, 0.1) is 5.82 Å². The minimum Gasteiger partial charge on any atom is -0.309 e. The quantitative estimate of drug-likeness (QED) is 0.892. The number of carbonyl (C=O) groups excluding carboxylic acids is 1. The molecule has 2 aromatic rings. The number of hydrogen-bond acceptors (Lipinski definition) is 3. The number of rotatable bonds is 6. The van der Waals surface area contributed by atoms with E-state index in [2.05, 4.69) is 10.4 Å². The summed E-state index contributed by atoms with van der Waals surface area (Å²) >= 11 is 0. The molecule has 0 fully saturated rings. The molecular formula is C16H21FN4O. The molecule has 0 spiro atoms. The van der Waals surface area contributed by atoms with Gasteiger partial charge in [0.2, 0.25) is 5.91 Å². The smallest absolute Gasteiger partial charge is 0.247 e. The van der Waals surface area contributed by atoms with E-state index in [0.717, 1.165) is 13.0 Å². The van der Waals surface area contributed by atoms with Gasteiger partial charge in [-0.3, -0.25) is 9.69 Å². The van der Waals surface area contributed by atoms with Gasteiger partial charge in [0.25, 0.3) is 0 Å². The third-order valence-corrected chi connectivity index (χ3v) is 3.37. The molecule has 1 amide bonds. The first-order valence-corrected chi connectivity index (χ1v) is 7.28. The molecule has 22 heavy (non-hydrogen) atoms. The highest BCUT2D eigenvalue weighted by Gasteiger charge is 2.26. The summed E-state index contributed by atoms with van der Waals surface area (Å²) in [6.07, 6.45) is 2.55. The van der Waals surface area contributed by atoms with Gasteiger partial charge < -0.3 is 5.32 Å². The molecule has 1 aromatic carbocycles. The lowest BCUT2D eigenvalue weighted by Crippen LogP contribution is -2.33. The summed E-state index contributed by atoms with van der Waals surface area (Å²) in [4.78, 5) is 14.3. The lowest BCUT2D eigenvalue weighted by Gasteiger charge is -2.24. The van der Waals surface area contributed by atoms with Crippen LogP contribution in [-0.2, 0) is 11.3 Å². The van der Waals surface area contributed by atoms with Crippen LogP contribution in [0.25, 0.3) is 0 Å². The second-order valence-corrected chi connectivity index (χ2v) is 5.32. The highest BCUT2D eigenvalue weighted by molar-refractivity contribution is 5.94. The van der Waals surface area contributed by atoms with E-state index in [1.54, 1.807) is 54.1 Å². The summed E-state index contributed by atoms with van der Waals surface area (Å²) in [5.74, 6) is -0.0543. The molecule has 1 atom stereocenters. The number of anilines is 1. The molecule has 1 unspecified atom stereocenters. The van der Waals surface area contributed by atoms with E-state index >= 15 is 0 Å². The van der Waals surface area contributed by atoms with Crippen molar-refractivity contribution >= 4 is 11.7 Å². The third-order valence-electron chi connectivity index (χ3n) is 3.37. The van der Waals surface area contributed by atoms with E-state index in [-0.39, 0.29) is 5.91 Å². The van der Waals surface area contributed by atoms with Crippen LogP contribution < -0.4 is 5.32 Å². The summed E-state index contributed by atoms with van der Waals surface area (Å²) < 4.78 is 15.7. The predicted molar refractivity (Wildman–Crippen MR) is 84.0 cm³/mol. The average molecular weight is 304 g/mol. The van der Waals surface area contributed by atoms with Crippen molar-refractivity contribution in [2.24, 2.45) is 0 Å². The summed E-state index contributed by atoms with van der Waals surface area (Å²) in [7, 11) is 3.50. The normalized spacial score (nSPS) is 12.4. The van der Waals surface area contributed by atoms with E-state index in [1.807, 2.05) is 6.92 Å². The third kappa shape index (κ3) is 3.51. The van der Waals surface area contributed by atoms with Gasteiger partial charge in [-0.05, 0) is 26.6 Å². The summed E-state index contributed by atoms with van der Waals surface area (Å²) in [5.41, 5.74) is 0.353. The van der Waals surface area contributed by atoms with Crippen molar-refractivity contribution in [1.29, 1.82) is 0 Å². The first kappa shape index (κ1) is 16.2. The van der Waals surface area contributed by atoms with Gasteiger partial charge in [0.05, 0.1) is 6.20 Å². The number of carbonyl (C=O) groups is 1. The molecule has 0 aliphatic heterocycles. The monoisotopic (exact) mass is 304 g/mol. The second kappa shape index (κ2) is 7.17. The van der Waals surface area contributed by atoms with E-state index in [9.17, 15) is 9.18 Å². The van der Waals surface area contributed by atoms with Crippen molar-refractivity contribution in [3.05, 3.63) is 47.9 Å². The van der Waals surface area contributed by atoms with Gasteiger partial charge in [-0.1, -0.05) is 25.1 Å². The molecular weight excluding hydrogens is 283 g/mol. The van der Waals surface area contributed by atoms with Crippen LogP contribution in [0.2, 0.25) is 0 Å². The fourth-order valence-electron chi connectivity index (χ4n) is 2.37. The van der Waals surface area contributed by atoms with Gasteiger partial charge in [-0.15, -0.1) is 0 Å². The molecule has 0 saturated carbocycles. The number of nitrogens with one attached hydrogen (secondary N) is 1. The average Bonchev–Trinajstić information content (AvgIpc) is 2.88. The highest BCUT2D eigenvalue weighted by atomic mass is 19.1. The van der Waals surface area contributed by atoms with E-state index in [0.29, 0.717) is 11.4 Å². The van der Waals surface area contributed by atoms with E-state index in [4.69, 9.17) is 0 Å². The second-order valence-electron chi connectivity index (χ2n) is 5.32. The molecule has 0 saturated heterocycles. The Morgan fingerprint density at radius 3 is 2.73 bits per heavy atom. The number of nitrogens with zero attached hydrogens (tertiary/aromatic N) is 3. The van der Waals surface area contributed by atoms with Crippen LogP contribution in [-0.4, -0.2) is 34.7 Å². The molecule has 1 aromatic heterocycles. The molecule has 0 aliphatic carbocycles. The number of benzene rings is 1. The minimum atomic E-state index is -0.703. The van der Waals surface area contributed by atoms with Gasteiger partial charge in [0.1, 0.15) is 17.7 Å². The molecule has 2 rings (SSSR count). The standard InChI is InChI=1S/C16H21FN4O/c1-4-11-21-14(9-10-18-21)19-16(22)15(20(2)3)12-7-5-6-8-13(12)17/h5-10,15H,4,11H2,1-3H3,(H,19,22). The first-order chi connectivity index (χ1) is 10.5. The molecule has 1 N–H and O–H groups in total. The van der Waals surface area contributed by atoms with Gasteiger partial charge >= 0.3 is 0 Å². The molecule has 0 radical (unpaired) electrons. The van der Waals surface area contributed by atoms with Crippen molar-refractivity contribution < 1.29 is 9.18 Å². The Morgan fingerprint density at radius 1 is 1.36 bits per heavy atom. The van der Waals surface area contributed by atoms with Crippen LogP contribution in [0.3, 0.4) is 0 Å². The number of hydrogen-bond donors (Lipinski definition) is 1. The molecule has 5 nitrogen and oxygen atoms in total. The van der Waals surface area contributed by atoms with Crippen molar-refractivity contribution in [3.8, 4) is 0 Å². The van der Waals surface area contributed by atoms with E-state index < -0.39 is 11.9 Å². The molecule has 6 heteroatoms. The number of halogens is 1. The molecule has 118 valence electrons. The SMILES string of the molecule is CCCn1nccc1NC(=O)C(c1ccccc1F)N(C)C. The summed E-state index contributed by atoms with van der Waals surface area (Å²) in [6.45, 7) is 2.75. The maximum absolute atomic E-state index is 14.0. The predicted octanol–water partition coefficient (Wildman–Crippen LogP) is 2.67. The van der Waals surface area contributed by atoms with Gasteiger partial charge in [-0.25, -0.2) is 9.07 Å². The highest BCUT2D eigenvalue weighted by Crippen LogP contribution is 2.23. The maximum atomic E-state index is 14.0. The lowest BCUT2D eigenvalue weighted by molar-refractivity contribution is -0.120. The van der Waals surface area contributed by atoms with Crippen LogP contribution in [0.15, 0.2) is 36.5 Å². The summed E-state index contributed by atoms with van der Waals surface area (Å²) in [5, 5.41) is 7.00. The number of likely N-dealkylation sites (N-methyl/N-ethyl adjacent to an activating group) is 1. The Kier molecular flexibility index (Phi) is 5.27. The molecule has 0 aliphatic rings. The number of amides is 1. The molecule has 1 heterocycles. The van der Waals surface area contributed by atoms with Crippen molar-refractivity contribution in [2.75, 3.05) is 19.4 Å². The zero-order valence-electron chi connectivity index (χ0n) is 13.1. The van der Waals surface area contributed by atoms with Crippen LogP contribution in [0.4, 0.5) is 10.2 Å². The number of aromatic nitrogens is 2. The largest absolute Gasteiger partial charge is 0.309 e. The van der Waals surface area contributed by atoms with Crippen molar-refractivity contribution in [1.82, 2.24) is 14.7 Å². The minimum absolute atomic E-state index is 0.284. The zero-order valence-corrected chi connectivity index (χ0v) is 13.1. The Hall–Kier alpha value is -2.21. The first-order valence-electron chi connectivity index (χ1n) is 7.28. The fraction of sp³-hybridized carbons (Fsp3) is 0.375. The fourth-order valence-corrected chi connectivity index (χ4v) is 2.37. The van der Waals surface area contributed by atoms with Gasteiger partial charge in [-0.2, -0.15) is 5.10 Å². The topological polar surface area (TPSA) is 50.2 Å². The van der Waals surface area contributed by atoms with E-state index in [1.165, 1.54) is 6.07 Å². The Morgan fingerprint density at radius 2 is 2.09 bits per heavy atom. The van der Waals surface area contributed by atoms with Gasteiger partial charge in [0, 0.05) is 18.2 Å². The van der Waals surface area contributed by atoms with Crippen LogP contribution in [0.5, 0.6) is 0 Å². The Balaban J connectivity index is 2.24. The Bertz CT molecular complexity index is 639. The summed E-state index contributed by atoms with van der Waals surface area (Å²) in [6, 6.07) is 7.36. The Labute approximate surface area is 129 Å². The lowest BCUT2D eigenvalue weighted by atomic mass is 10.0. The zero-order chi connectivity index (χ0) is 16.1.